The van der Waals surface area contributed by atoms with Gasteiger partial charge in [0.2, 0.25) is 5.91 Å². The minimum atomic E-state index is 0.154. The molecule has 4 rings (SSSR count). The largest absolute Gasteiger partial charge is 0.355 e. The lowest BCUT2D eigenvalue weighted by atomic mass is 9.88. The van der Waals surface area contributed by atoms with E-state index in [-0.39, 0.29) is 11.8 Å². The van der Waals surface area contributed by atoms with Gasteiger partial charge in [0.15, 0.2) is 0 Å². The van der Waals surface area contributed by atoms with Crippen LogP contribution in [0.2, 0.25) is 0 Å². The van der Waals surface area contributed by atoms with Crippen molar-refractivity contribution in [1.29, 1.82) is 0 Å². The quantitative estimate of drug-likeness (QED) is 0.601. The van der Waals surface area contributed by atoms with E-state index in [1.807, 2.05) is 6.07 Å². The van der Waals surface area contributed by atoms with Crippen molar-refractivity contribution in [2.75, 3.05) is 26.2 Å². The van der Waals surface area contributed by atoms with Crippen LogP contribution in [0.15, 0.2) is 60.8 Å². The molecule has 0 bridgehead atoms. The monoisotopic (exact) mass is 403 g/mol. The molecule has 158 valence electrons. The van der Waals surface area contributed by atoms with E-state index in [9.17, 15) is 4.79 Å². The number of para-hydroxylation sites is 1. The van der Waals surface area contributed by atoms with Gasteiger partial charge in [0.25, 0.3) is 0 Å². The van der Waals surface area contributed by atoms with E-state index in [2.05, 4.69) is 76.6 Å². The number of fused-ring (bicyclic) bond motifs is 1. The normalized spacial score (nSPS) is 15.9. The van der Waals surface area contributed by atoms with Gasteiger partial charge in [0.1, 0.15) is 0 Å². The number of amides is 1. The van der Waals surface area contributed by atoms with E-state index < -0.39 is 0 Å². The minimum Gasteiger partial charge on any atom is -0.355 e. The third-order valence-corrected chi connectivity index (χ3v) is 6.32. The molecule has 0 aliphatic carbocycles. The van der Waals surface area contributed by atoms with E-state index in [0.717, 1.165) is 19.5 Å². The first-order valence-corrected chi connectivity index (χ1v) is 11.3. The molecule has 1 aromatic heterocycles. The van der Waals surface area contributed by atoms with E-state index in [4.69, 9.17) is 0 Å². The molecule has 0 saturated carbocycles. The van der Waals surface area contributed by atoms with Crippen LogP contribution in [0.1, 0.15) is 42.7 Å². The fourth-order valence-electron chi connectivity index (χ4n) is 4.72. The Morgan fingerprint density at radius 1 is 1.00 bits per heavy atom. The Hall–Kier alpha value is -2.59. The number of piperidine rings is 1. The minimum absolute atomic E-state index is 0.154. The number of nitrogens with zero attached hydrogens (tertiary/aromatic N) is 2. The molecule has 0 spiro atoms. The Balaban J connectivity index is 1.46. The lowest BCUT2D eigenvalue weighted by Gasteiger charge is -2.26. The third kappa shape index (κ3) is 5.11. The van der Waals surface area contributed by atoms with E-state index in [1.165, 1.54) is 54.4 Å². The first-order chi connectivity index (χ1) is 14.7. The highest BCUT2D eigenvalue weighted by atomic mass is 16.1. The van der Waals surface area contributed by atoms with Gasteiger partial charge in [-0.3, -0.25) is 4.79 Å². The van der Waals surface area contributed by atoms with E-state index in [1.54, 1.807) is 0 Å². The zero-order valence-electron chi connectivity index (χ0n) is 18.0. The molecule has 4 nitrogen and oxygen atoms in total. The van der Waals surface area contributed by atoms with E-state index in [0.29, 0.717) is 6.42 Å². The fourth-order valence-corrected chi connectivity index (χ4v) is 4.72. The van der Waals surface area contributed by atoms with E-state index >= 15 is 0 Å². The molecule has 1 unspecified atom stereocenters. The van der Waals surface area contributed by atoms with Crippen LogP contribution < -0.4 is 5.32 Å². The zero-order valence-corrected chi connectivity index (χ0v) is 18.0. The van der Waals surface area contributed by atoms with Crippen LogP contribution >= 0.6 is 0 Å². The Morgan fingerprint density at radius 3 is 2.53 bits per heavy atom. The van der Waals surface area contributed by atoms with Crippen LogP contribution in [0, 0.1) is 0 Å². The number of hydrogen-bond acceptors (Lipinski definition) is 2. The zero-order chi connectivity index (χ0) is 20.8. The van der Waals surface area contributed by atoms with Crippen molar-refractivity contribution in [3.05, 3.63) is 71.9 Å². The first kappa shape index (κ1) is 20.7. The maximum Gasteiger partial charge on any atom is 0.220 e. The molecule has 1 N–H and O–H groups in total. The van der Waals surface area contributed by atoms with Crippen LogP contribution in [0.4, 0.5) is 0 Å². The summed E-state index contributed by atoms with van der Waals surface area (Å²) in [6.45, 7) is 4.04. The lowest BCUT2D eigenvalue weighted by molar-refractivity contribution is -0.121. The number of benzene rings is 2. The van der Waals surface area contributed by atoms with Crippen molar-refractivity contribution in [3.8, 4) is 0 Å². The third-order valence-electron chi connectivity index (χ3n) is 6.32. The van der Waals surface area contributed by atoms with Gasteiger partial charge in [0.05, 0.1) is 0 Å². The summed E-state index contributed by atoms with van der Waals surface area (Å²) in [6.07, 6.45) is 7.51. The van der Waals surface area contributed by atoms with Crippen molar-refractivity contribution < 1.29 is 4.79 Å². The van der Waals surface area contributed by atoms with Crippen LogP contribution in [-0.4, -0.2) is 41.6 Å². The summed E-state index contributed by atoms with van der Waals surface area (Å²) in [4.78, 5) is 15.3. The molecular formula is C26H33N3O. The van der Waals surface area contributed by atoms with Gasteiger partial charge >= 0.3 is 0 Å². The molecule has 3 aromatic rings. The molecule has 2 heterocycles. The molecular weight excluding hydrogens is 370 g/mol. The van der Waals surface area contributed by atoms with Crippen molar-refractivity contribution in [1.82, 2.24) is 14.8 Å². The number of carbonyl (C=O) groups is 1. The number of carbonyl (C=O) groups excluding carboxylic acids is 1. The topological polar surface area (TPSA) is 37.3 Å². The Bertz CT molecular complexity index is 957. The van der Waals surface area contributed by atoms with Crippen LogP contribution in [0.25, 0.3) is 10.9 Å². The molecule has 1 aliphatic rings. The summed E-state index contributed by atoms with van der Waals surface area (Å²) in [5.41, 5.74) is 3.76. The molecule has 2 aromatic carbocycles. The smallest absolute Gasteiger partial charge is 0.220 e. The predicted octanol–water partition coefficient (Wildman–Crippen LogP) is 4.50. The van der Waals surface area contributed by atoms with Gasteiger partial charge in [-0.15, -0.1) is 0 Å². The Labute approximate surface area is 179 Å². The number of likely N-dealkylation sites (tertiary alicyclic amines) is 1. The number of rotatable bonds is 8. The molecule has 30 heavy (non-hydrogen) atoms. The maximum atomic E-state index is 12.9. The van der Waals surface area contributed by atoms with Gasteiger partial charge < -0.3 is 14.8 Å². The van der Waals surface area contributed by atoms with Crippen LogP contribution in [0.3, 0.4) is 0 Å². The standard InChI is InChI=1S/C26H33N3O/c1-28-20-24(23-12-6-7-13-25(23)28)22(18-21-10-4-2-5-11-21)19-26(30)27-14-17-29-15-8-3-9-16-29/h2,4-7,10-13,20,22H,3,8-9,14-19H2,1H3,(H,27,30). The second-order valence-electron chi connectivity index (χ2n) is 8.56. The van der Waals surface area contributed by atoms with Gasteiger partial charge in [-0.25, -0.2) is 0 Å². The average Bonchev–Trinajstić information content (AvgIpc) is 3.12. The van der Waals surface area contributed by atoms with Crippen molar-refractivity contribution >= 4 is 16.8 Å². The first-order valence-electron chi connectivity index (χ1n) is 11.3. The van der Waals surface area contributed by atoms with Crippen molar-refractivity contribution in [2.24, 2.45) is 7.05 Å². The van der Waals surface area contributed by atoms with Gasteiger partial charge in [-0.1, -0.05) is 55.0 Å². The summed E-state index contributed by atoms with van der Waals surface area (Å²) >= 11 is 0. The lowest BCUT2D eigenvalue weighted by Crippen LogP contribution is -2.38. The SMILES string of the molecule is Cn1cc(C(CC(=O)NCCN2CCCCC2)Cc2ccccc2)c2ccccc21. The summed E-state index contributed by atoms with van der Waals surface area (Å²) in [5.74, 6) is 0.314. The number of aromatic nitrogens is 1. The summed E-state index contributed by atoms with van der Waals surface area (Å²) < 4.78 is 2.18. The molecule has 0 radical (unpaired) electrons. The average molecular weight is 404 g/mol. The Kier molecular flexibility index (Phi) is 6.85. The van der Waals surface area contributed by atoms with Gasteiger partial charge in [0, 0.05) is 43.7 Å². The molecule has 1 atom stereocenters. The maximum absolute atomic E-state index is 12.9. The highest BCUT2D eigenvalue weighted by molar-refractivity contribution is 5.86. The summed E-state index contributed by atoms with van der Waals surface area (Å²) in [7, 11) is 2.09. The van der Waals surface area contributed by atoms with Crippen LogP contribution in [-0.2, 0) is 18.3 Å². The molecule has 1 fully saturated rings. The summed E-state index contributed by atoms with van der Waals surface area (Å²) in [5, 5.41) is 4.44. The Morgan fingerprint density at radius 2 is 1.73 bits per heavy atom. The molecule has 1 saturated heterocycles. The van der Waals surface area contributed by atoms with Gasteiger partial charge in [-0.2, -0.15) is 0 Å². The summed E-state index contributed by atoms with van der Waals surface area (Å²) in [6, 6.07) is 19.0. The number of hydrogen-bond donors (Lipinski definition) is 1. The second-order valence-corrected chi connectivity index (χ2v) is 8.56. The van der Waals surface area contributed by atoms with Crippen LogP contribution in [0.5, 0.6) is 0 Å². The highest BCUT2D eigenvalue weighted by Gasteiger charge is 2.21. The van der Waals surface area contributed by atoms with Gasteiger partial charge in [-0.05, 0) is 55.5 Å². The van der Waals surface area contributed by atoms with Crippen molar-refractivity contribution in [3.63, 3.8) is 0 Å². The predicted molar refractivity (Wildman–Crippen MR) is 124 cm³/mol. The number of nitrogens with one attached hydrogen (secondary N) is 1. The number of aryl methyl sites for hydroxylation is 1. The molecule has 1 aliphatic heterocycles. The second kappa shape index (κ2) is 9.94. The van der Waals surface area contributed by atoms with Crippen molar-refractivity contribution in [2.45, 2.75) is 38.0 Å². The molecule has 1 amide bonds. The molecule has 4 heteroatoms. The highest BCUT2D eigenvalue weighted by Crippen LogP contribution is 2.32. The fraction of sp³-hybridized carbons (Fsp3) is 0.423.